The number of fused-ring (bicyclic) bond motifs is 5. The van der Waals surface area contributed by atoms with Gasteiger partial charge in [0.25, 0.3) is 0 Å². The molecule has 0 radical (unpaired) electrons. The average molecular weight is 326 g/mol. The van der Waals surface area contributed by atoms with Gasteiger partial charge in [-0.1, -0.05) is 30.3 Å². The Morgan fingerprint density at radius 3 is 2.68 bits per heavy atom. The third-order valence-electron chi connectivity index (χ3n) is 5.31. The first-order chi connectivity index (χ1) is 12.1. The van der Waals surface area contributed by atoms with E-state index in [2.05, 4.69) is 85.0 Å². The largest absolute Gasteiger partial charge is 0.257 e. The lowest BCUT2D eigenvalue weighted by molar-refractivity contribution is -0.720. The first-order valence-electron chi connectivity index (χ1n) is 8.69. The molecule has 3 nitrogen and oxygen atoms in total. The van der Waals surface area contributed by atoms with Crippen LogP contribution in [0.2, 0.25) is 0 Å². The predicted molar refractivity (Wildman–Crippen MR) is 100.0 cm³/mol. The minimum Gasteiger partial charge on any atom is -0.257 e. The van der Waals surface area contributed by atoms with Crippen LogP contribution in [-0.2, 0) is 13.5 Å². The van der Waals surface area contributed by atoms with Gasteiger partial charge in [0.05, 0.1) is 22.8 Å². The standard InChI is InChI=1S/C22H20N3/c1-14-6-4-5-7-20(14)25-13-17-10-9-16-12-19-18(11-8-15(2)23-19)21(16)22(17)24(25)3/h4-11,13H,12H2,1-3H3/q+1. The Labute approximate surface area is 147 Å². The second kappa shape index (κ2) is 5.03. The highest BCUT2D eigenvalue weighted by atomic mass is 15.4. The summed E-state index contributed by atoms with van der Waals surface area (Å²) < 4.78 is 4.52. The molecule has 0 bridgehead atoms. The third kappa shape index (κ3) is 1.99. The molecule has 1 aliphatic rings. The summed E-state index contributed by atoms with van der Waals surface area (Å²) in [5.74, 6) is 0. The molecular weight excluding hydrogens is 306 g/mol. The molecule has 2 aromatic heterocycles. The fraction of sp³-hybridized carbons (Fsp3) is 0.182. The van der Waals surface area contributed by atoms with Crippen molar-refractivity contribution in [2.75, 3.05) is 0 Å². The van der Waals surface area contributed by atoms with Crippen LogP contribution in [0, 0.1) is 13.8 Å². The van der Waals surface area contributed by atoms with E-state index in [1.807, 2.05) is 0 Å². The van der Waals surface area contributed by atoms with Gasteiger partial charge in [0, 0.05) is 17.7 Å². The molecule has 0 saturated heterocycles. The van der Waals surface area contributed by atoms with E-state index in [4.69, 9.17) is 4.98 Å². The van der Waals surface area contributed by atoms with Crippen LogP contribution in [0.1, 0.15) is 22.5 Å². The van der Waals surface area contributed by atoms with Gasteiger partial charge in [0.15, 0.2) is 7.05 Å². The molecule has 0 amide bonds. The number of hydrogen-bond donors (Lipinski definition) is 0. The van der Waals surface area contributed by atoms with Gasteiger partial charge in [-0.2, -0.15) is 0 Å². The molecule has 25 heavy (non-hydrogen) atoms. The predicted octanol–water partition coefficient (Wildman–Crippen LogP) is 4.04. The number of nitrogens with zero attached hydrogens (tertiary/aromatic N) is 3. The molecule has 4 aromatic rings. The summed E-state index contributed by atoms with van der Waals surface area (Å²) in [6.07, 6.45) is 3.16. The first-order valence-corrected chi connectivity index (χ1v) is 8.69. The molecule has 0 spiro atoms. The van der Waals surface area contributed by atoms with Crippen LogP contribution in [0.4, 0.5) is 0 Å². The Bertz CT molecular complexity index is 1150. The molecule has 3 heteroatoms. The maximum Gasteiger partial charge on any atom is 0.246 e. The van der Waals surface area contributed by atoms with Crippen molar-refractivity contribution in [2.45, 2.75) is 20.3 Å². The molecule has 0 aliphatic heterocycles. The van der Waals surface area contributed by atoms with Crippen molar-refractivity contribution in [3.63, 3.8) is 0 Å². The smallest absolute Gasteiger partial charge is 0.246 e. The maximum absolute atomic E-state index is 4.77. The molecule has 122 valence electrons. The van der Waals surface area contributed by atoms with E-state index in [1.165, 1.54) is 44.5 Å². The van der Waals surface area contributed by atoms with Crippen LogP contribution in [0.15, 0.2) is 54.7 Å². The van der Waals surface area contributed by atoms with Crippen molar-refractivity contribution in [1.29, 1.82) is 0 Å². The average Bonchev–Trinajstić information content (AvgIpc) is 3.12. The van der Waals surface area contributed by atoms with Gasteiger partial charge in [0.1, 0.15) is 5.69 Å². The topological polar surface area (TPSA) is 21.7 Å². The molecule has 5 rings (SSSR count). The number of aryl methyl sites for hydroxylation is 3. The number of rotatable bonds is 1. The summed E-state index contributed by atoms with van der Waals surface area (Å²) in [5, 5.41) is 1.26. The first kappa shape index (κ1) is 14.4. The van der Waals surface area contributed by atoms with Crippen LogP contribution in [0.5, 0.6) is 0 Å². The Morgan fingerprint density at radius 2 is 1.84 bits per heavy atom. The Balaban J connectivity index is 1.83. The van der Waals surface area contributed by atoms with Crippen LogP contribution < -0.4 is 4.68 Å². The van der Waals surface area contributed by atoms with Crippen LogP contribution in [0.25, 0.3) is 27.7 Å². The minimum atomic E-state index is 0.928. The Morgan fingerprint density at radius 1 is 1.00 bits per heavy atom. The van der Waals surface area contributed by atoms with Gasteiger partial charge in [0.2, 0.25) is 5.52 Å². The van der Waals surface area contributed by atoms with Gasteiger partial charge < -0.3 is 0 Å². The van der Waals surface area contributed by atoms with Crippen LogP contribution in [0.3, 0.4) is 0 Å². The summed E-state index contributed by atoms with van der Waals surface area (Å²) >= 11 is 0. The van der Waals surface area contributed by atoms with Crippen molar-refractivity contribution in [2.24, 2.45) is 7.05 Å². The van der Waals surface area contributed by atoms with Crippen molar-refractivity contribution in [1.82, 2.24) is 9.67 Å². The van der Waals surface area contributed by atoms with Crippen molar-refractivity contribution < 1.29 is 4.68 Å². The second-order valence-electron chi connectivity index (χ2n) is 6.94. The van der Waals surface area contributed by atoms with E-state index in [9.17, 15) is 0 Å². The molecule has 0 fully saturated rings. The van der Waals surface area contributed by atoms with Crippen molar-refractivity contribution in [3.05, 3.63) is 77.2 Å². The molecule has 2 aromatic carbocycles. The van der Waals surface area contributed by atoms with E-state index >= 15 is 0 Å². The summed E-state index contributed by atoms with van der Waals surface area (Å²) in [4.78, 5) is 4.77. The molecule has 0 unspecified atom stereocenters. The lowest BCUT2D eigenvalue weighted by Gasteiger charge is -2.04. The molecule has 0 N–H and O–H groups in total. The second-order valence-corrected chi connectivity index (χ2v) is 6.94. The SMILES string of the molecule is Cc1ccc2c(n1)Cc1ccc3cn(-c4ccccc4C)[n+](C)c3c1-2. The van der Waals surface area contributed by atoms with Gasteiger partial charge in [-0.3, -0.25) is 4.98 Å². The molecule has 0 saturated carbocycles. The monoisotopic (exact) mass is 326 g/mol. The Hall–Kier alpha value is -2.94. The number of benzene rings is 2. The summed E-state index contributed by atoms with van der Waals surface area (Å²) in [7, 11) is 2.15. The van der Waals surface area contributed by atoms with E-state index in [0.29, 0.717) is 0 Å². The molecule has 2 heterocycles. The highest BCUT2D eigenvalue weighted by Crippen LogP contribution is 2.39. The minimum absolute atomic E-state index is 0.928. The summed E-state index contributed by atoms with van der Waals surface area (Å²) in [5.41, 5.74) is 10.1. The van der Waals surface area contributed by atoms with E-state index < -0.39 is 0 Å². The number of hydrogen-bond acceptors (Lipinski definition) is 1. The summed E-state index contributed by atoms with van der Waals surface area (Å²) in [6.45, 7) is 4.22. The normalized spacial score (nSPS) is 12.4. The molecule has 0 atom stereocenters. The van der Waals surface area contributed by atoms with Crippen molar-refractivity contribution in [3.8, 4) is 16.8 Å². The third-order valence-corrected chi connectivity index (χ3v) is 5.31. The summed E-state index contributed by atoms with van der Waals surface area (Å²) in [6, 6.07) is 17.4. The van der Waals surface area contributed by atoms with E-state index in [1.54, 1.807) is 0 Å². The number of aromatic nitrogens is 3. The van der Waals surface area contributed by atoms with E-state index in [-0.39, 0.29) is 0 Å². The quantitative estimate of drug-likeness (QED) is 0.426. The highest BCUT2D eigenvalue weighted by molar-refractivity contribution is 5.96. The zero-order valence-electron chi connectivity index (χ0n) is 14.7. The highest BCUT2D eigenvalue weighted by Gasteiger charge is 2.29. The van der Waals surface area contributed by atoms with E-state index in [0.717, 1.165) is 12.1 Å². The lowest BCUT2D eigenvalue weighted by Crippen LogP contribution is -2.38. The molecular formula is C22H20N3+. The van der Waals surface area contributed by atoms with Gasteiger partial charge in [-0.05, 0) is 43.2 Å². The van der Waals surface area contributed by atoms with Gasteiger partial charge in [-0.15, -0.1) is 9.36 Å². The number of pyridine rings is 1. The van der Waals surface area contributed by atoms with Crippen molar-refractivity contribution >= 4 is 10.9 Å². The van der Waals surface area contributed by atoms with Crippen LogP contribution >= 0.6 is 0 Å². The maximum atomic E-state index is 4.77. The van der Waals surface area contributed by atoms with Gasteiger partial charge >= 0.3 is 0 Å². The molecule has 1 aliphatic carbocycles. The fourth-order valence-corrected chi connectivity index (χ4v) is 4.08. The number of para-hydroxylation sites is 1. The Kier molecular flexibility index (Phi) is 2.90. The lowest BCUT2D eigenvalue weighted by atomic mass is 10.0. The zero-order valence-corrected chi connectivity index (χ0v) is 14.7. The zero-order chi connectivity index (χ0) is 17.1. The fourth-order valence-electron chi connectivity index (χ4n) is 4.08. The van der Waals surface area contributed by atoms with Gasteiger partial charge in [-0.25, -0.2) is 0 Å². The van der Waals surface area contributed by atoms with Crippen LogP contribution in [-0.4, -0.2) is 9.67 Å².